The van der Waals surface area contributed by atoms with Crippen molar-refractivity contribution in [3.63, 3.8) is 0 Å². The Bertz CT molecular complexity index is 910. The van der Waals surface area contributed by atoms with Gasteiger partial charge in [-0.25, -0.2) is 4.98 Å². The van der Waals surface area contributed by atoms with Gasteiger partial charge >= 0.3 is 0 Å². The van der Waals surface area contributed by atoms with E-state index in [1.54, 1.807) is 6.33 Å². The lowest BCUT2D eigenvalue weighted by Crippen LogP contribution is -2.15. The van der Waals surface area contributed by atoms with Crippen LogP contribution in [0.15, 0.2) is 54.3 Å². The zero-order valence-electron chi connectivity index (χ0n) is 13.8. The number of fused-ring (bicyclic) bond motifs is 1. The summed E-state index contributed by atoms with van der Waals surface area (Å²) < 4.78 is 1.34. The number of H-pyrrole nitrogens is 1. The van der Waals surface area contributed by atoms with Crippen molar-refractivity contribution in [3.05, 3.63) is 69.8 Å². The van der Waals surface area contributed by atoms with Gasteiger partial charge in [-0.3, -0.25) is 0 Å². The highest BCUT2D eigenvalue weighted by molar-refractivity contribution is 7.19. The molecule has 0 saturated heterocycles. The number of benzene rings is 1. The summed E-state index contributed by atoms with van der Waals surface area (Å²) in [7, 11) is 0. The van der Waals surface area contributed by atoms with Gasteiger partial charge in [0.1, 0.15) is 0 Å². The van der Waals surface area contributed by atoms with Gasteiger partial charge in [0.05, 0.1) is 18.6 Å². The van der Waals surface area contributed by atoms with Gasteiger partial charge in [-0.15, -0.1) is 22.7 Å². The molecule has 4 nitrogen and oxygen atoms in total. The molecule has 4 rings (SSSR count). The highest BCUT2D eigenvalue weighted by Gasteiger charge is 2.04. The van der Waals surface area contributed by atoms with Crippen molar-refractivity contribution in [3.8, 4) is 0 Å². The van der Waals surface area contributed by atoms with E-state index in [0.717, 1.165) is 37.4 Å². The smallest absolute Gasteiger partial charge is 0.0922 e. The summed E-state index contributed by atoms with van der Waals surface area (Å²) in [6.07, 6.45) is 4.65. The van der Waals surface area contributed by atoms with Crippen LogP contribution in [-0.2, 0) is 19.5 Å². The largest absolute Gasteiger partial charge is 0.379 e. The summed E-state index contributed by atoms with van der Waals surface area (Å²) >= 11 is 3.69. The predicted octanol–water partition coefficient (Wildman–Crippen LogP) is 4.63. The number of hydrogen-bond acceptors (Lipinski definition) is 5. The van der Waals surface area contributed by atoms with Crippen LogP contribution in [0.2, 0.25) is 0 Å². The number of aromatic nitrogens is 2. The predicted molar refractivity (Wildman–Crippen MR) is 107 cm³/mol. The van der Waals surface area contributed by atoms with Gasteiger partial charge < -0.3 is 15.6 Å². The number of aromatic amines is 1. The van der Waals surface area contributed by atoms with Crippen molar-refractivity contribution >= 4 is 38.4 Å². The summed E-state index contributed by atoms with van der Waals surface area (Å²) in [5.41, 5.74) is 2.22. The number of hydrogen-bond donors (Lipinski definition) is 3. The van der Waals surface area contributed by atoms with Crippen LogP contribution in [0, 0.1) is 0 Å². The van der Waals surface area contributed by atoms with Crippen molar-refractivity contribution in [2.24, 2.45) is 0 Å². The van der Waals surface area contributed by atoms with Crippen LogP contribution in [0.25, 0.3) is 10.1 Å². The van der Waals surface area contributed by atoms with E-state index in [9.17, 15) is 0 Å². The molecule has 3 aromatic heterocycles. The molecule has 0 unspecified atom stereocenters. The van der Waals surface area contributed by atoms with Crippen LogP contribution in [0.1, 0.15) is 15.4 Å². The summed E-state index contributed by atoms with van der Waals surface area (Å²) in [6, 6.07) is 13.2. The Morgan fingerprint density at radius 1 is 1.08 bits per heavy atom. The molecule has 0 fully saturated rings. The highest BCUT2D eigenvalue weighted by Crippen LogP contribution is 2.28. The minimum absolute atomic E-state index is 0.757. The lowest BCUT2D eigenvalue weighted by Gasteiger charge is -2.04. The molecule has 0 radical (unpaired) electrons. The topological polar surface area (TPSA) is 52.7 Å². The molecule has 0 atom stereocenters. The zero-order valence-corrected chi connectivity index (χ0v) is 15.4. The normalized spacial score (nSPS) is 11.2. The van der Waals surface area contributed by atoms with Crippen molar-refractivity contribution < 1.29 is 0 Å². The minimum Gasteiger partial charge on any atom is -0.379 e. The SMILES string of the molecule is c1csc(CCNCc2cc3cc(NCc4cnc[nH]4)ccc3s2)c1. The molecule has 25 heavy (non-hydrogen) atoms. The maximum absolute atomic E-state index is 4.04. The van der Waals surface area contributed by atoms with Crippen LogP contribution in [-0.4, -0.2) is 16.5 Å². The number of rotatable bonds is 8. The average molecular weight is 369 g/mol. The molecule has 1 aromatic carbocycles. The molecule has 3 heterocycles. The Morgan fingerprint density at radius 3 is 2.92 bits per heavy atom. The molecular weight excluding hydrogens is 348 g/mol. The Morgan fingerprint density at radius 2 is 2.08 bits per heavy atom. The van der Waals surface area contributed by atoms with Crippen molar-refractivity contribution in [2.75, 3.05) is 11.9 Å². The minimum atomic E-state index is 0.757. The molecule has 0 amide bonds. The first kappa shape index (κ1) is 16.3. The summed E-state index contributed by atoms with van der Waals surface area (Å²) in [6.45, 7) is 2.71. The summed E-state index contributed by atoms with van der Waals surface area (Å²) in [4.78, 5) is 9.97. The zero-order chi connectivity index (χ0) is 16.9. The third-order valence-electron chi connectivity index (χ3n) is 4.03. The van der Waals surface area contributed by atoms with Crippen LogP contribution < -0.4 is 10.6 Å². The van der Waals surface area contributed by atoms with E-state index in [1.165, 1.54) is 19.8 Å². The maximum atomic E-state index is 4.04. The molecule has 0 bridgehead atoms. The van der Waals surface area contributed by atoms with Crippen LogP contribution in [0.4, 0.5) is 5.69 Å². The van der Waals surface area contributed by atoms with Gasteiger partial charge in [-0.1, -0.05) is 6.07 Å². The second-order valence-corrected chi connectivity index (χ2v) is 8.10. The standard InChI is InChI=1S/C19H20N4S2/c1-2-17(24-7-1)5-6-20-12-18-9-14-8-15(3-4-19(14)25-18)22-11-16-10-21-13-23-16/h1-4,7-10,13,20,22H,5-6,11-12H2,(H,21,23). The first-order valence-electron chi connectivity index (χ1n) is 8.33. The Balaban J connectivity index is 1.33. The Hall–Kier alpha value is -2.15. The summed E-state index contributed by atoms with van der Waals surface area (Å²) in [5.74, 6) is 0. The lowest BCUT2D eigenvalue weighted by atomic mass is 10.2. The molecule has 0 aliphatic carbocycles. The molecule has 6 heteroatoms. The average Bonchev–Trinajstić information content (AvgIpc) is 3.38. The molecule has 0 aliphatic rings. The first-order valence-corrected chi connectivity index (χ1v) is 10.0. The van der Waals surface area contributed by atoms with Crippen LogP contribution in [0.3, 0.4) is 0 Å². The number of nitrogens with one attached hydrogen (secondary N) is 3. The van der Waals surface area contributed by atoms with E-state index in [0.29, 0.717) is 0 Å². The van der Waals surface area contributed by atoms with Crippen LogP contribution >= 0.6 is 22.7 Å². The molecule has 0 saturated carbocycles. The molecular formula is C19H20N4S2. The van der Waals surface area contributed by atoms with E-state index in [4.69, 9.17) is 0 Å². The van der Waals surface area contributed by atoms with Gasteiger partial charge in [0, 0.05) is 39.4 Å². The second kappa shape index (κ2) is 7.82. The molecule has 4 aromatic rings. The van der Waals surface area contributed by atoms with E-state index in [1.807, 2.05) is 28.9 Å². The fourth-order valence-corrected chi connectivity index (χ4v) is 4.48. The third kappa shape index (κ3) is 4.28. The van der Waals surface area contributed by atoms with Crippen LogP contribution in [0.5, 0.6) is 0 Å². The van der Waals surface area contributed by atoms with Crippen molar-refractivity contribution in [1.82, 2.24) is 15.3 Å². The molecule has 3 N–H and O–H groups in total. The van der Waals surface area contributed by atoms with E-state index >= 15 is 0 Å². The fourth-order valence-electron chi connectivity index (χ4n) is 2.75. The molecule has 0 aliphatic heterocycles. The van der Waals surface area contributed by atoms with Gasteiger partial charge in [0.25, 0.3) is 0 Å². The number of nitrogens with zero attached hydrogens (tertiary/aromatic N) is 1. The van der Waals surface area contributed by atoms with Gasteiger partial charge in [-0.2, -0.15) is 0 Å². The monoisotopic (exact) mass is 368 g/mol. The molecule has 128 valence electrons. The fraction of sp³-hybridized carbons (Fsp3) is 0.211. The van der Waals surface area contributed by atoms with Gasteiger partial charge in [0.2, 0.25) is 0 Å². The van der Waals surface area contributed by atoms with E-state index < -0.39 is 0 Å². The van der Waals surface area contributed by atoms with Crippen molar-refractivity contribution in [1.29, 1.82) is 0 Å². The number of imidazole rings is 1. The second-order valence-electron chi connectivity index (χ2n) is 5.90. The van der Waals surface area contributed by atoms with E-state index in [2.05, 4.69) is 62.4 Å². The van der Waals surface area contributed by atoms with E-state index in [-0.39, 0.29) is 0 Å². The number of thiophene rings is 2. The quantitative estimate of drug-likeness (QED) is 0.397. The van der Waals surface area contributed by atoms with Crippen molar-refractivity contribution in [2.45, 2.75) is 19.5 Å². The lowest BCUT2D eigenvalue weighted by molar-refractivity contribution is 0.698. The summed E-state index contributed by atoms with van der Waals surface area (Å²) in [5, 5.41) is 10.4. The number of anilines is 1. The maximum Gasteiger partial charge on any atom is 0.0922 e. The molecule has 0 spiro atoms. The Labute approximate surface area is 154 Å². The highest BCUT2D eigenvalue weighted by atomic mass is 32.1. The third-order valence-corrected chi connectivity index (χ3v) is 6.08. The van der Waals surface area contributed by atoms with Gasteiger partial charge in [-0.05, 0) is 47.5 Å². The van der Waals surface area contributed by atoms with Gasteiger partial charge in [0.15, 0.2) is 0 Å². The first-order chi connectivity index (χ1) is 12.4. The Kier molecular flexibility index (Phi) is 5.11.